The van der Waals surface area contributed by atoms with Gasteiger partial charge in [0.05, 0.1) is 10.6 Å². The number of sulfone groups is 1. The maximum Gasteiger partial charge on any atom is 0.180 e. The van der Waals surface area contributed by atoms with Crippen LogP contribution in [0.15, 0.2) is 35.2 Å². The van der Waals surface area contributed by atoms with Gasteiger partial charge in [0.15, 0.2) is 9.84 Å². The molecule has 0 aliphatic carbocycles. The van der Waals surface area contributed by atoms with Crippen LogP contribution in [0.5, 0.6) is 0 Å². The van der Waals surface area contributed by atoms with E-state index in [4.69, 9.17) is 16.7 Å². The second-order valence-electron chi connectivity index (χ2n) is 3.53. The smallest absolute Gasteiger partial charge is 0.180 e. The van der Waals surface area contributed by atoms with Crippen molar-refractivity contribution in [3.05, 3.63) is 30.3 Å². The van der Waals surface area contributed by atoms with Crippen LogP contribution in [0.2, 0.25) is 0 Å². The van der Waals surface area contributed by atoms with Crippen molar-refractivity contribution in [3.8, 4) is 11.8 Å². The number of hydrogen-bond acceptors (Lipinski definition) is 3. The largest absolute Gasteiger partial charge is 0.381 e. The van der Waals surface area contributed by atoms with Crippen LogP contribution >= 0.6 is 11.6 Å². The van der Waals surface area contributed by atoms with Gasteiger partial charge in [0, 0.05) is 0 Å². The van der Waals surface area contributed by atoms with Crippen molar-refractivity contribution in [3.63, 3.8) is 0 Å². The summed E-state index contributed by atoms with van der Waals surface area (Å²) in [6.07, 6.45) is -0.810. The van der Waals surface area contributed by atoms with Crippen molar-refractivity contribution >= 4 is 21.4 Å². The fraction of sp³-hybridized carbons (Fsp3) is 0.333. The van der Waals surface area contributed by atoms with E-state index in [9.17, 15) is 8.42 Å². The van der Waals surface area contributed by atoms with Crippen molar-refractivity contribution in [1.82, 2.24) is 0 Å². The van der Waals surface area contributed by atoms with Gasteiger partial charge in [-0.15, -0.1) is 11.6 Å². The monoisotopic (exact) mass is 272 g/mol. The molecule has 5 heteroatoms. The molecule has 2 unspecified atom stereocenters. The van der Waals surface area contributed by atoms with E-state index >= 15 is 0 Å². The summed E-state index contributed by atoms with van der Waals surface area (Å²) in [5.41, 5.74) is 0. The van der Waals surface area contributed by atoms with Crippen LogP contribution in [0.4, 0.5) is 0 Å². The van der Waals surface area contributed by atoms with E-state index in [1.807, 2.05) is 0 Å². The van der Waals surface area contributed by atoms with E-state index < -0.39 is 21.3 Å². The summed E-state index contributed by atoms with van der Waals surface area (Å²) in [5.74, 6) is 4.66. The maximum atomic E-state index is 11.9. The third kappa shape index (κ3) is 4.78. The van der Waals surface area contributed by atoms with Crippen LogP contribution in [0, 0.1) is 11.8 Å². The summed E-state index contributed by atoms with van der Waals surface area (Å²) >= 11 is 5.80. The van der Waals surface area contributed by atoms with Gasteiger partial charge in [-0.25, -0.2) is 8.42 Å². The highest BCUT2D eigenvalue weighted by atomic mass is 35.5. The standard InChI is InChI=1S/C12H13ClO3S/c1-10(14)7-8-11(13)9-17(15,16)12-5-3-2-4-6-12/h2-6,10-11,14H,9H2,1H3. The summed E-state index contributed by atoms with van der Waals surface area (Å²) < 4.78 is 23.7. The third-order valence-electron chi connectivity index (χ3n) is 1.92. The Morgan fingerprint density at radius 2 is 1.88 bits per heavy atom. The molecule has 1 rings (SSSR count). The highest BCUT2D eigenvalue weighted by Gasteiger charge is 2.18. The molecule has 0 bridgehead atoms. The van der Waals surface area contributed by atoms with Crippen molar-refractivity contribution < 1.29 is 13.5 Å². The van der Waals surface area contributed by atoms with E-state index in [0.29, 0.717) is 0 Å². The van der Waals surface area contributed by atoms with Gasteiger partial charge < -0.3 is 5.11 Å². The minimum absolute atomic E-state index is 0.226. The normalized spacial score (nSPS) is 14.5. The lowest BCUT2D eigenvalue weighted by molar-refractivity contribution is 0.253. The minimum atomic E-state index is -3.42. The quantitative estimate of drug-likeness (QED) is 0.669. The molecule has 0 radical (unpaired) electrons. The maximum absolute atomic E-state index is 11.9. The van der Waals surface area contributed by atoms with Gasteiger partial charge in [0.25, 0.3) is 0 Å². The number of aliphatic hydroxyl groups excluding tert-OH is 1. The van der Waals surface area contributed by atoms with Crippen LogP contribution in [-0.2, 0) is 9.84 Å². The average Bonchev–Trinajstić information content (AvgIpc) is 2.27. The first-order valence-corrected chi connectivity index (χ1v) is 7.11. The molecule has 2 atom stereocenters. The number of rotatable bonds is 3. The number of hydrogen-bond donors (Lipinski definition) is 1. The molecule has 0 heterocycles. The van der Waals surface area contributed by atoms with Gasteiger partial charge in [0.1, 0.15) is 11.5 Å². The number of alkyl halides is 1. The Morgan fingerprint density at radius 3 is 2.41 bits per heavy atom. The van der Waals surface area contributed by atoms with E-state index in [2.05, 4.69) is 11.8 Å². The molecule has 1 N–H and O–H groups in total. The summed E-state index contributed by atoms with van der Waals surface area (Å²) in [6, 6.07) is 8.07. The van der Waals surface area contributed by atoms with Crippen LogP contribution in [0.1, 0.15) is 6.92 Å². The van der Waals surface area contributed by atoms with Crippen molar-refractivity contribution in [2.24, 2.45) is 0 Å². The second-order valence-corrected chi connectivity index (χ2v) is 6.09. The highest BCUT2D eigenvalue weighted by molar-refractivity contribution is 7.91. The zero-order valence-electron chi connectivity index (χ0n) is 9.30. The second kappa shape index (κ2) is 6.06. The fourth-order valence-electron chi connectivity index (χ4n) is 1.17. The third-order valence-corrected chi connectivity index (χ3v) is 4.13. The first-order chi connectivity index (χ1) is 7.92. The molecule has 0 aliphatic rings. The van der Waals surface area contributed by atoms with Gasteiger partial charge in [-0.3, -0.25) is 0 Å². The summed E-state index contributed by atoms with van der Waals surface area (Å²) in [7, 11) is -3.42. The average molecular weight is 273 g/mol. The highest BCUT2D eigenvalue weighted by Crippen LogP contribution is 2.13. The first-order valence-electron chi connectivity index (χ1n) is 5.03. The molecular weight excluding hydrogens is 260 g/mol. The van der Waals surface area contributed by atoms with Gasteiger partial charge in [-0.1, -0.05) is 30.0 Å². The SMILES string of the molecule is CC(O)C#CC(Cl)CS(=O)(=O)c1ccccc1. The number of halogens is 1. The van der Waals surface area contributed by atoms with E-state index in [1.165, 1.54) is 19.1 Å². The molecular formula is C12H13ClO3S. The van der Waals surface area contributed by atoms with E-state index in [0.717, 1.165) is 0 Å². The Kier molecular flexibility index (Phi) is 5.01. The van der Waals surface area contributed by atoms with Crippen molar-refractivity contribution in [2.45, 2.75) is 23.3 Å². The molecule has 92 valence electrons. The summed E-state index contributed by atoms with van der Waals surface area (Å²) in [6.45, 7) is 1.49. The molecule has 3 nitrogen and oxygen atoms in total. The Bertz CT molecular complexity index is 512. The lowest BCUT2D eigenvalue weighted by Crippen LogP contribution is -2.15. The predicted octanol–water partition coefficient (Wildman–Crippen LogP) is 1.45. The Balaban J connectivity index is 2.79. The molecule has 0 fully saturated rings. The van der Waals surface area contributed by atoms with Gasteiger partial charge in [-0.05, 0) is 19.1 Å². The molecule has 0 aromatic heterocycles. The zero-order chi connectivity index (χ0) is 12.9. The molecule has 0 aliphatic heterocycles. The fourth-order valence-corrected chi connectivity index (χ4v) is 2.96. The molecule has 1 aromatic carbocycles. The van der Waals surface area contributed by atoms with Crippen LogP contribution in [0.25, 0.3) is 0 Å². The summed E-state index contributed by atoms with van der Waals surface area (Å²) in [4.78, 5) is 0.226. The van der Waals surface area contributed by atoms with Gasteiger partial charge in [0.2, 0.25) is 0 Å². The van der Waals surface area contributed by atoms with Gasteiger partial charge in [-0.2, -0.15) is 0 Å². The lowest BCUT2D eigenvalue weighted by atomic mass is 10.4. The van der Waals surface area contributed by atoms with Crippen molar-refractivity contribution in [2.75, 3.05) is 5.75 Å². The number of aliphatic hydroxyl groups is 1. The van der Waals surface area contributed by atoms with E-state index in [-0.39, 0.29) is 10.6 Å². The minimum Gasteiger partial charge on any atom is -0.381 e. The molecule has 1 aromatic rings. The van der Waals surface area contributed by atoms with Crippen LogP contribution in [0.3, 0.4) is 0 Å². The van der Waals surface area contributed by atoms with Crippen LogP contribution in [-0.4, -0.2) is 30.8 Å². The Labute approximate surface area is 106 Å². The van der Waals surface area contributed by atoms with Crippen molar-refractivity contribution in [1.29, 1.82) is 0 Å². The lowest BCUT2D eigenvalue weighted by Gasteiger charge is -2.05. The topological polar surface area (TPSA) is 54.4 Å². The number of benzene rings is 1. The molecule has 0 saturated carbocycles. The zero-order valence-corrected chi connectivity index (χ0v) is 10.9. The van der Waals surface area contributed by atoms with E-state index in [1.54, 1.807) is 18.2 Å². The Morgan fingerprint density at radius 1 is 1.29 bits per heavy atom. The molecule has 0 amide bonds. The predicted molar refractivity (Wildman–Crippen MR) is 67.6 cm³/mol. The summed E-state index contributed by atoms with van der Waals surface area (Å²) in [5, 5.41) is 8.11. The molecule has 17 heavy (non-hydrogen) atoms. The molecule has 0 saturated heterocycles. The first kappa shape index (κ1) is 14.0. The molecule has 0 spiro atoms. The van der Waals surface area contributed by atoms with Crippen LogP contribution < -0.4 is 0 Å². The Hall–Kier alpha value is -1.02. The van der Waals surface area contributed by atoms with Gasteiger partial charge >= 0.3 is 0 Å².